The number of hydrogen-bond acceptors (Lipinski definition) is 3. The van der Waals surface area contributed by atoms with Crippen molar-refractivity contribution in [3.8, 4) is 0 Å². The molecule has 1 aromatic carbocycles. The number of halogens is 1. The predicted molar refractivity (Wildman–Crippen MR) is 107 cm³/mol. The molecule has 0 aromatic heterocycles. The monoisotopic (exact) mass is 389 g/mol. The first-order valence-corrected chi connectivity index (χ1v) is 10.5. The van der Waals surface area contributed by atoms with Crippen LogP contribution in [0.25, 0.3) is 0 Å². The third kappa shape index (κ3) is 5.53. The summed E-state index contributed by atoms with van der Waals surface area (Å²) in [4.78, 5) is 29.4. The van der Waals surface area contributed by atoms with E-state index in [4.69, 9.17) is 0 Å². The highest BCUT2D eigenvalue weighted by Gasteiger charge is 2.32. The maximum absolute atomic E-state index is 13.0. The number of likely N-dealkylation sites (tertiary alicyclic amines) is 2. The number of rotatable bonds is 6. The Morgan fingerprint density at radius 3 is 2.46 bits per heavy atom. The van der Waals surface area contributed by atoms with Crippen LogP contribution in [0.4, 0.5) is 4.39 Å². The third-order valence-electron chi connectivity index (χ3n) is 6.12. The van der Waals surface area contributed by atoms with Gasteiger partial charge in [-0.15, -0.1) is 0 Å². The van der Waals surface area contributed by atoms with Crippen molar-refractivity contribution in [2.45, 2.75) is 38.5 Å². The van der Waals surface area contributed by atoms with E-state index in [1.807, 2.05) is 16.8 Å². The van der Waals surface area contributed by atoms with Gasteiger partial charge in [0.2, 0.25) is 11.8 Å². The first kappa shape index (κ1) is 20.8. The van der Waals surface area contributed by atoms with Crippen molar-refractivity contribution in [3.63, 3.8) is 0 Å². The second-order valence-corrected chi connectivity index (χ2v) is 8.14. The molecule has 6 heteroatoms. The molecular weight excluding hydrogens is 357 g/mol. The van der Waals surface area contributed by atoms with E-state index < -0.39 is 0 Å². The number of hydrogen-bond donors (Lipinski definition) is 1. The van der Waals surface area contributed by atoms with Crippen molar-refractivity contribution in [1.82, 2.24) is 15.1 Å². The summed E-state index contributed by atoms with van der Waals surface area (Å²) in [7, 11) is 1.98. The Hall–Kier alpha value is -1.95. The Bertz CT molecular complexity index is 656. The predicted octanol–water partition coefficient (Wildman–Crippen LogP) is 2.45. The zero-order valence-corrected chi connectivity index (χ0v) is 16.8. The van der Waals surface area contributed by atoms with Gasteiger partial charge < -0.3 is 15.1 Å². The third-order valence-corrected chi connectivity index (χ3v) is 6.12. The van der Waals surface area contributed by atoms with Gasteiger partial charge in [0.1, 0.15) is 5.82 Å². The van der Waals surface area contributed by atoms with Gasteiger partial charge >= 0.3 is 0 Å². The van der Waals surface area contributed by atoms with Gasteiger partial charge in [-0.3, -0.25) is 9.59 Å². The highest BCUT2D eigenvalue weighted by atomic mass is 19.1. The minimum absolute atomic E-state index is 0.0230. The maximum atomic E-state index is 13.0. The Kier molecular flexibility index (Phi) is 7.43. The second kappa shape index (κ2) is 10.0. The molecule has 154 valence electrons. The minimum atomic E-state index is -0.297. The average Bonchev–Trinajstić information content (AvgIpc) is 2.74. The summed E-state index contributed by atoms with van der Waals surface area (Å²) >= 11 is 0. The Labute approximate surface area is 167 Å². The van der Waals surface area contributed by atoms with Gasteiger partial charge in [0.25, 0.3) is 0 Å². The van der Waals surface area contributed by atoms with Crippen molar-refractivity contribution in [2.75, 3.05) is 39.8 Å². The molecule has 1 unspecified atom stereocenters. The molecule has 0 bridgehead atoms. The van der Waals surface area contributed by atoms with Gasteiger partial charge in [0.15, 0.2) is 0 Å². The van der Waals surface area contributed by atoms with Crippen LogP contribution < -0.4 is 5.32 Å². The summed E-state index contributed by atoms with van der Waals surface area (Å²) in [6.45, 7) is 3.93. The molecule has 2 fully saturated rings. The van der Waals surface area contributed by atoms with Gasteiger partial charge in [0.05, 0.1) is 12.3 Å². The van der Waals surface area contributed by atoms with Gasteiger partial charge in [-0.25, -0.2) is 4.39 Å². The van der Waals surface area contributed by atoms with E-state index in [0.29, 0.717) is 19.0 Å². The molecule has 2 aliphatic heterocycles. The average molecular weight is 390 g/mol. The lowest BCUT2D eigenvalue weighted by molar-refractivity contribution is -0.141. The lowest BCUT2D eigenvalue weighted by Gasteiger charge is -2.38. The molecule has 0 radical (unpaired) electrons. The molecule has 3 rings (SSSR count). The standard InChI is InChI=1S/C22H32FN3O2/c1-24-11-8-17-9-13-25(14-10-17)22(28)19-3-2-12-26(16-19)21(27)15-18-4-6-20(23)7-5-18/h4-7,17,19,24H,2-3,8-16H2,1H3. The number of nitrogens with zero attached hydrogens (tertiary/aromatic N) is 2. The van der Waals surface area contributed by atoms with Gasteiger partial charge in [-0.1, -0.05) is 12.1 Å². The van der Waals surface area contributed by atoms with Crippen LogP contribution in [0, 0.1) is 17.7 Å². The first-order valence-electron chi connectivity index (χ1n) is 10.5. The number of carbonyl (C=O) groups excluding carboxylic acids is 2. The zero-order valence-electron chi connectivity index (χ0n) is 16.8. The molecule has 2 aliphatic rings. The quantitative estimate of drug-likeness (QED) is 0.813. The highest BCUT2D eigenvalue weighted by molar-refractivity contribution is 5.82. The summed E-state index contributed by atoms with van der Waals surface area (Å²) in [6.07, 6.45) is 5.31. The van der Waals surface area contributed by atoms with Crippen molar-refractivity contribution in [3.05, 3.63) is 35.6 Å². The van der Waals surface area contributed by atoms with E-state index in [9.17, 15) is 14.0 Å². The number of piperidine rings is 2. The van der Waals surface area contributed by atoms with Crippen LogP contribution in [0.2, 0.25) is 0 Å². The molecule has 1 atom stereocenters. The van der Waals surface area contributed by atoms with Crippen molar-refractivity contribution in [2.24, 2.45) is 11.8 Å². The number of benzene rings is 1. The van der Waals surface area contributed by atoms with Crippen LogP contribution in [-0.2, 0) is 16.0 Å². The smallest absolute Gasteiger partial charge is 0.227 e. The normalized spacial score (nSPS) is 21.0. The Morgan fingerprint density at radius 2 is 1.79 bits per heavy atom. The van der Waals surface area contributed by atoms with Crippen LogP contribution in [0.5, 0.6) is 0 Å². The van der Waals surface area contributed by atoms with Crippen LogP contribution in [-0.4, -0.2) is 61.4 Å². The van der Waals surface area contributed by atoms with E-state index in [1.54, 1.807) is 12.1 Å². The number of nitrogens with one attached hydrogen (secondary N) is 1. The molecule has 0 spiro atoms. The number of carbonyl (C=O) groups is 2. The molecule has 0 aliphatic carbocycles. The fourth-order valence-corrected chi connectivity index (χ4v) is 4.34. The highest BCUT2D eigenvalue weighted by Crippen LogP contribution is 2.25. The van der Waals surface area contributed by atoms with Crippen molar-refractivity contribution >= 4 is 11.8 Å². The lowest BCUT2D eigenvalue weighted by Crippen LogP contribution is -2.49. The van der Waals surface area contributed by atoms with E-state index >= 15 is 0 Å². The SMILES string of the molecule is CNCCC1CCN(C(=O)C2CCCN(C(=O)Cc3ccc(F)cc3)C2)CC1. The van der Waals surface area contributed by atoms with Crippen LogP contribution >= 0.6 is 0 Å². The fourth-order valence-electron chi connectivity index (χ4n) is 4.34. The van der Waals surface area contributed by atoms with E-state index in [0.717, 1.165) is 50.9 Å². The summed E-state index contributed by atoms with van der Waals surface area (Å²) in [6, 6.07) is 6.06. The Morgan fingerprint density at radius 1 is 1.07 bits per heavy atom. The Balaban J connectivity index is 1.49. The molecule has 28 heavy (non-hydrogen) atoms. The zero-order chi connectivity index (χ0) is 19.9. The fraction of sp³-hybridized carbons (Fsp3) is 0.636. The molecular formula is C22H32FN3O2. The molecule has 2 heterocycles. The first-order chi connectivity index (χ1) is 13.6. The van der Waals surface area contributed by atoms with Gasteiger partial charge in [0, 0.05) is 26.2 Å². The topological polar surface area (TPSA) is 52.7 Å². The second-order valence-electron chi connectivity index (χ2n) is 8.14. The van der Waals surface area contributed by atoms with E-state index in [2.05, 4.69) is 5.32 Å². The van der Waals surface area contributed by atoms with E-state index in [-0.39, 0.29) is 30.0 Å². The van der Waals surface area contributed by atoms with Gasteiger partial charge in [-0.05, 0) is 69.3 Å². The maximum Gasteiger partial charge on any atom is 0.227 e. The largest absolute Gasteiger partial charge is 0.342 e. The lowest BCUT2D eigenvalue weighted by atomic mass is 9.91. The molecule has 2 saturated heterocycles. The molecule has 5 nitrogen and oxygen atoms in total. The van der Waals surface area contributed by atoms with Crippen molar-refractivity contribution < 1.29 is 14.0 Å². The summed E-state index contributed by atoms with van der Waals surface area (Å²) < 4.78 is 13.0. The summed E-state index contributed by atoms with van der Waals surface area (Å²) in [5.41, 5.74) is 0.809. The summed E-state index contributed by atoms with van der Waals surface area (Å²) in [5, 5.41) is 3.20. The van der Waals surface area contributed by atoms with Crippen LogP contribution in [0.3, 0.4) is 0 Å². The molecule has 0 saturated carbocycles. The van der Waals surface area contributed by atoms with Crippen molar-refractivity contribution in [1.29, 1.82) is 0 Å². The molecule has 2 amide bonds. The summed E-state index contributed by atoms with van der Waals surface area (Å²) in [5.74, 6) is 0.562. The van der Waals surface area contributed by atoms with Gasteiger partial charge in [-0.2, -0.15) is 0 Å². The number of amides is 2. The van der Waals surface area contributed by atoms with Crippen LogP contribution in [0.15, 0.2) is 24.3 Å². The van der Waals surface area contributed by atoms with Crippen LogP contribution in [0.1, 0.15) is 37.7 Å². The van der Waals surface area contributed by atoms with E-state index in [1.165, 1.54) is 18.6 Å². The molecule has 1 aromatic rings. The minimum Gasteiger partial charge on any atom is -0.342 e. The molecule has 1 N–H and O–H groups in total.